The number of benzene rings is 2. The molecule has 0 heterocycles. The van der Waals surface area contributed by atoms with Gasteiger partial charge in [0.05, 0.1) is 11.0 Å². The van der Waals surface area contributed by atoms with Gasteiger partial charge in [0.25, 0.3) is 0 Å². The van der Waals surface area contributed by atoms with Gasteiger partial charge < -0.3 is 10.0 Å². The summed E-state index contributed by atoms with van der Waals surface area (Å²) in [6.07, 6.45) is -2.88. The minimum Gasteiger partial charge on any atom is -0.481 e. The first kappa shape index (κ1) is 23.8. The molecule has 1 fully saturated rings. The molecule has 3 rings (SSSR count). The molecule has 0 aromatic heterocycles. The van der Waals surface area contributed by atoms with Crippen molar-refractivity contribution in [1.82, 2.24) is 4.90 Å². The van der Waals surface area contributed by atoms with Gasteiger partial charge in [0.15, 0.2) is 0 Å². The minimum absolute atomic E-state index is 0.0414. The highest BCUT2D eigenvalue weighted by molar-refractivity contribution is 5.83. The van der Waals surface area contributed by atoms with Crippen LogP contribution in [0.3, 0.4) is 0 Å². The van der Waals surface area contributed by atoms with Crippen molar-refractivity contribution in [3.05, 3.63) is 58.7 Å². The molecule has 2 aromatic carbocycles. The predicted octanol–water partition coefficient (Wildman–Crippen LogP) is 5.80. The van der Waals surface area contributed by atoms with Crippen LogP contribution in [0.5, 0.6) is 0 Å². The average molecular weight is 447 g/mol. The molecule has 0 unspecified atom stereocenters. The Morgan fingerprint density at radius 2 is 1.69 bits per heavy atom. The van der Waals surface area contributed by atoms with Crippen LogP contribution in [0, 0.1) is 12.8 Å². The molecule has 1 aliphatic carbocycles. The fraction of sp³-hybridized carbons (Fsp3) is 0.440. The summed E-state index contributed by atoms with van der Waals surface area (Å²) < 4.78 is 41.1. The summed E-state index contributed by atoms with van der Waals surface area (Å²) in [5, 5.41) is 9.59. The number of hydrogen-bond donors (Lipinski definition) is 1. The van der Waals surface area contributed by atoms with Crippen molar-refractivity contribution in [1.29, 1.82) is 0 Å². The SMILES string of the molecule is CCN(Cc1cc(C)ccc1-c1cc(C(F)(F)F)cc(C(C)(C)C(=O)O)c1)C(=O)C1CC1. The fourth-order valence-corrected chi connectivity index (χ4v) is 3.71. The second-order valence-electron chi connectivity index (χ2n) is 9.01. The lowest BCUT2D eigenvalue weighted by molar-refractivity contribution is -0.143. The van der Waals surface area contributed by atoms with E-state index >= 15 is 0 Å². The van der Waals surface area contributed by atoms with E-state index in [1.165, 1.54) is 19.9 Å². The first-order chi connectivity index (χ1) is 14.8. The van der Waals surface area contributed by atoms with E-state index in [4.69, 9.17) is 0 Å². The van der Waals surface area contributed by atoms with Crippen LogP contribution in [0.15, 0.2) is 36.4 Å². The molecule has 0 bridgehead atoms. The van der Waals surface area contributed by atoms with Crippen LogP contribution in [0.1, 0.15) is 55.9 Å². The number of carboxylic acid groups (broad SMARTS) is 1. The van der Waals surface area contributed by atoms with Crippen molar-refractivity contribution in [2.75, 3.05) is 6.54 Å². The van der Waals surface area contributed by atoms with E-state index < -0.39 is 23.1 Å². The van der Waals surface area contributed by atoms with E-state index in [2.05, 4.69) is 0 Å². The molecule has 0 radical (unpaired) electrons. The van der Waals surface area contributed by atoms with Crippen LogP contribution in [-0.2, 0) is 27.7 Å². The lowest BCUT2D eigenvalue weighted by Gasteiger charge is -2.25. The summed E-state index contributed by atoms with van der Waals surface area (Å²) >= 11 is 0. The molecule has 4 nitrogen and oxygen atoms in total. The Kier molecular flexibility index (Phi) is 6.40. The quantitative estimate of drug-likeness (QED) is 0.584. The van der Waals surface area contributed by atoms with E-state index in [1.54, 1.807) is 17.0 Å². The monoisotopic (exact) mass is 447 g/mol. The van der Waals surface area contributed by atoms with Crippen LogP contribution < -0.4 is 0 Å². The number of alkyl halides is 3. The summed E-state index contributed by atoms with van der Waals surface area (Å²) in [4.78, 5) is 26.1. The highest BCUT2D eigenvalue weighted by atomic mass is 19.4. The summed E-state index contributed by atoms with van der Waals surface area (Å²) in [6, 6.07) is 8.89. The maximum absolute atomic E-state index is 13.7. The molecule has 1 saturated carbocycles. The molecule has 0 aliphatic heterocycles. The van der Waals surface area contributed by atoms with Gasteiger partial charge in [-0.25, -0.2) is 0 Å². The van der Waals surface area contributed by atoms with Crippen molar-refractivity contribution < 1.29 is 27.9 Å². The summed E-state index contributed by atoms with van der Waals surface area (Å²) in [5.41, 5.74) is 0.185. The standard InChI is InChI=1S/C25H28F3NO3/c1-5-29(22(30)16-7-8-16)14-18-10-15(2)6-9-21(18)17-11-19(24(3,4)23(31)32)13-20(12-17)25(26,27)28/h6,9-13,16H,5,7-8,14H2,1-4H3,(H,31,32). The van der Waals surface area contributed by atoms with Gasteiger partial charge in [0.1, 0.15) is 0 Å². The Hall–Kier alpha value is -2.83. The van der Waals surface area contributed by atoms with Crippen molar-refractivity contribution >= 4 is 11.9 Å². The van der Waals surface area contributed by atoms with Crippen LogP contribution >= 0.6 is 0 Å². The van der Waals surface area contributed by atoms with Gasteiger partial charge in [-0.05, 0) is 81.0 Å². The van der Waals surface area contributed by atoms with Crippen molar-refractivity contribution in [3.8, 4) is 11.1 Å². The molecule has 0 saturated heterocycles. The number of nitrogens with zero attached hydrogens (tertiary/aromatic N) is 1. The van der Waals surface area contributed by atoms with Crippen LogP contribution in [-0.4, -0.2) is 28.4 Å². The van der Waals surface area contributed by atoms with E-state index in [1.807, 2.05) is 19.9 Å². The molecular formula is C25H28F3NO3. The number of carbonyl (C=O) groups is 2. The minimum atomic E-state index is -4.62. The van der Waals surface area contributed by atoms with E-state index in [-0.39, 0.29) is 29.5 Å². The number of rotatable bonds is 7. The molecule has 32 heavy (non-hydrogen) atoms. The normalized spacial score (nSPS) is 14.3. The molecular weight excluding hydrogens is 419 g/mol. The number of aryl methyl sites for hydroxylation is 1. The molecule has 7 heteroatoms. The topological polar surface area (TPSA) is 57.6 Å². The lowest BCUT2D eigenvalue weighted by atomic mass is 9.81. The Morgan fingerprint density at radius 1 is 1.06 bits per heavy atom. The second-order valence-corrected chi connectivity index (χ2v) is 9.01. The number of carbonyl (C=O) groups excluding carboxylic acids is 1. The molecule has 1 N–H and O–H groups in total. The van der Waals surface area contributed by atoms with Crippen molar-refractivity contribution in [2.45, 2.75) is 58.7 Å². The smallest absolute Gasteiger partial charge is 0.416 e. The van der Waals surface area contributed by atoms with Crippen LogP contribution in [0.4, 0.5) is 13.2 Å². The van der Waals surface area contributed by atoms with Gasteiger partial charge in [0, 0.05) is 19.0 Å². The maximum atomic E-state index is 13.7. The number of amides is 1. The van der Waals surface area contributed by atoms with E-state index in [9.17, 15) is 27.9 Å². The summed E-state index contributed by atoms with van der Waals surface area (Å²) in [7, 11) is 0. The van der Waals surface area contributed by atoms with E-state index in [0.717, 1.165) is 36.1 Å². The summed E-state index contributed by atoms with van der Waals surface area (Å²) in [5.74, 6) is -1.10. The van der Waals surface area contributed by atoms with Gasteiger partial charge in [-0.15, -0.1) is 0 Å². The first-order valence-electron chi connectivity index (χ1n) is 10.7. The number of hydrogen-bond acceptors (Lipinski definition) is 2. The van der Waals surface area contributed by atoms with Gasteiger partial charge in [-0.3, -0.25) is 9.59 Å². The third kappa shape index (κ3) is 4.97. The maximum Gasteiger partial charge on any atom is 0.416 e. The Morgan fingerprint density at radius 3 is 2.22 bits per heavy atom. The van der Waals surface area contributed by atoms with Gasteiger partial charge in [-0.2, -0.15) is 13.2 Å². The lowest BCUT2D eigenvalue weighted by Crippen LogP contribution is -2.31. The predicted molar refractivity (Wildman–Crippen MR) is 116 cm³/mol. The third-order valence-corrected chi connectivity index (χ3v) is 6.07. The van der Waals surface area contributed by atoms with Gasteiger partial charge in [0.2, 0.25) is 5.91 Å². The Labute approximate surface area is 186 Å². The fourth-order valence-electron chi connectivity index (χ4n) is 3.71. The summed E-state index contributed by atoms with van der Waals surface area (Å²) in [6.45, 7) is 7.33. The third-order valence-electron chi connectivity index (χ3n) is 6.07. The number of aliphatic carboxylic acids is 1. The zero-order valence-corrected chi connectivity index (χ0v) is 18.7. The van der Waals surface area contributed by atoms with Crippen molar-refractivity contribution in [2.24, 2.45) is 5.92 Å². The van der Waals surface area contributed by atoms with E-state index in [0.29, 0.717) is 12.1 Å². The van der Waals surface area contributed by atoms with Crippen LogP contribution in [0.2, 0.25) is 0 Å². The highest BCUT2D eigenvalue weighted by Crippen LogP contribution is 2.38. The highest BCUT2D eigenvalue weighted by Gasteiger charge is 2.36. The molecule has 2 aromatic rings. The number of carboxylic acids is 1. The Balaban J connectivity index is 2.14. The van der Waals surface area contributed by atoms with Gasteiger partial charge in [-0.1, -0.05) is 23.8 Å². The zero-order chi connectivity index (χ0) is 23.8. The molecule has 0 atom stereocenters. The molecule has 1 amide bonds. The largest absolute Gasteiger partial charge is 0.481 e. The number of halogens is 3. The van der Waals surface area contributed by atoms with Gasteiger partial charge >= 0.3 is 12.1 Å². The average Bonchev–Trinajstić information content (AvgIpc) is 3.56. The molecule has 0 spiro atoms. The first-order valence-corrected chi connectivity index (χ1v) is 10.7. The zero-order valence-electron chi connectivity index (χ0n) is 18.7. The Bertz CT molecular complexity index is 1040. The van der Waals surface area contributed by atoms with Crippen LogP contribution in [0.25, 0.3) is 11.1 Å². The second kappa shape index (κ2) is 8.60. The van der Waals surface area contributed by atoms with Crippen molar-refractivity contribution in [3.63, 3.8) is 0 Å². The molecule has 172 valence electrons. The molecule has 1 aliphatic rings.